The molecule has 3 fully saturated rings. The van der Waals surface area contributed by atoms with Crippen LogP contribution in [0, 0.1) is 11.8 Å². The molecule has 3 rings (SSSR count). The predicted octanol–water partition coefficient (Wildman–Crippen LogP) is 0.611. The first-order chi connectivity index (χ1) is 13.2. The fourth-order valence-corrected chi connectivity index (χ4v) is 5.31. The molecule has 0 aromatic heterocycles. The van der Waals surface area contributed by atoms with Crippen LogP contribution in [0.2, 0.25) is 0 Å². The number of hydrogen-bond acceptors (Lipinski definition) is 6. The van der Waals surface area contributed by atoms with Gasteiger partial charge in [0.15, 0.2) is 0 Å². The summed E-state index contributed by atoms with van der Waals surface area (Å²) >= 11 is 0. The SMILES string of the molecule is CCOC(=O)[C@H]1[C@H]2C(=O)N(CCCCO)C(C(=O)NC(C)C)C23CC[C@]1(C)O3. The lowest BCUT2D eigenvalue weighted by molar-refractivity contribution is -0.159. The lowest BCUT2D eigenvalue weighted by atomic mass is 9.66. The van der Waals surface area contributed by atoms with E-state index in [1.807, 2.05) is 20.8 Å². The van der Waals surface area contributed by atoms with Crippen molar-refractivity contribution in [1.29, 1.82) is 0 Å². The van der Waals surface area contributed by atoms with Gasteiger partial charge in [-0.05, 0) is 53.4 Å². The second-order valence-corrected chi connectivity index (χ2v) is 8.61. The Bertz CT molecular complexity index is 653. The largest absolute Gasteiger partial charge is 0.466 e. The average Bonchev–Trinajstić information content (AvgIpc) is 3.16. The third kappa shape index (κ3) is 3.10. The molecule has 0 radical (unpaired) electrons. The quantitative estimate of drug-likeness (QED) is 0.460. The summed E-state index contributed by atoms with van der Waals surface area (Å²) in [4.78, 5) is 40.9. The molecule has 2 N–H and O–H groups in total. The van der Waals surface area contributed by atoms with Crippen molar-refractivity contribution in [2.45, 2.75) is 76.7 Å². The predicted molar refractivity (Wildman–Crippen MR) is 100 cm³/mol. The van der Waals surface area contributed by atoms with Gasteiger partial charge in [0, 0.05) is 19.2 Å². The minimum Gasteiger partial charge on any atom is -0.466 e. The molecule has 8 heteroatoms. The number of ether oxygens (including phenoxy) is 2. The number of esters is 1. The first kappa shape index (κ1) is 21.0. The number of carbonyl (C=O) groups excluding carboxylic acids is 3. The van der Waals surface area contributed by atoms with Gasteiger partial charge in [-0.15, -0.1) is 0 Å². The normalized spacial score (nSPS) is 36.1. The van der Waals surface area contributed by atoms with Gasteiger partial charge in [0.2, 0.25) is 11.8 Å². The summed E-state index contributed by atoms with van der Waals surface area (Å²) in [6.45, 7) is 7.94. The van der Waals surface area contributed by atoms with E-state index >= 15 is 0 Å². The molecule has 5 atom stereocenters. The third-order valence-electron chi connectivity index (χ3n) is 6.30. The highest BCUT2D eigenvalue weighted by Gasteiger charge is 2.78. The standard InChI is InChI=1S/C20H32N2O6/c1-5-27-18(26)14-13-17(25)22(10-6-7-11-23)15(16(24)21-12(2)3)20(13)9-8-19(14,4)28-20/h12-15,23H,5-11H2,1-4H3,(H,21,24)/t13-,14+,15?,19-,20?/m0/s1. The second-order valence-electron chi connectivity index (χ2n) is 8.61. The zero-order chi connectivity index (χ0) is 20.7. The fraction of sp³-hybridized carbons (Fsp3) is 0.850. The topological polar surface area (TPSA) is 105 Å². The molecule has 3 aliphatic heterocycles. The highest BCUT2D eigenvalue weighted by atomic mass is 16.6. The summed E-state index contributed by atoms with van der Waals surface area (Å²) in [6, 6.07) is -0.847. The zero-order valence-electron chi connectivity index (χ0n) is 17.2. The van der Waals surface area contributed by atoms with E-state index in [-0.39, 0.29) is 31.1 Å². The van der Waals surface area contributed by atoms with Crippen LogP contribution in [0.1, 0.15) is 53.4 Å². The van der Waals surface area contributed by atoms with Crippen molar-refractivity contribution < 1.29 is 29.0 Å². The first-order valence-corrected chi connectivity index (χ1v) is 10.3. The van der Waals surface area contributed by atoms with Crippen LogP contribution < -0.4 is 5.32 Å². The highest BCUT2D eigenvalue weighted by Crippen LogP contribution is 2.63. The first-order valence-electron chi connectivity index (χ1n) is 10.3. The fourth-order valence-electron chi connectivity index (χ4n) is 5.31. The molecule has 0 aromatic rings. The maximum absolute atomic E-state index is 13.4. The lowest BCUT2D eigenvalue weighted by Crippen LogP contribution is -2.56. The van der Waals surface area contributed by atoms with Gasteiger partial charge >= 0.3 is 5.97 Å². The molecule has 1 spiro atoms. The van der Waals surface area contributed by atoms with Crippen LogP contribution in [0.4, 0.5) is 0 Å². The molecule has 2 bridgehead atoms. The van der Waals surface area contributed by atoms with Crippen LogP contribution >= 0.6 is 0 Å². The molecule has 0 aliphatic carbocycles. The Kier molecular flexibility index (Phi) is 5.74. The summed E-state index contributed by atoms with van der Waals surface area (Å²) < 4.78 is 11.7. The smallest absolute Gasteiger partial charge is 0.312 e. The number of nitrogens with one attached hydrogen (secondary N) is 1. The van der Waals surface area contributed by atoms with Crippen LogP contribution in [0.3, 0.4) is 0 Å². The number of amides is 2. The van der Waals surface area contributed by atoms with E-state index in [0.29, 0.717) is 32.2 Å². The molecule has 158 valence electrons. The Labute approximate surface area is 165 Å². The maximum atomic E-state index is 13.4. The van der Waals surface area contributed by atoms with E-state index in [4.69, 9.17) is 14.6 Å². The Morgan fingerprint density at radius 2 is 2.07 bits per heavy atom. The van der Waals surface area contributed by atoms with Crippen molar-refractivity contribution in [2.75, 3.05) is 19.8 Å². The third-order valence-corrected chi connectivity index (χ3v) is 6.30. The van der Waals surface area contributed by atoms with Gasteiger partial charge in [-0.1, -0.05) is 0 Å². The Balaban J connectivity index is 1.99. The summed E-state index contributed by atoms with van der Waals surface area (Å²) in [7, 11) is 0. The monoisotopic (exact) mass is 396 g/mol. The van der Waals surface area contributed by atoms with Crippen LogP contribution in [0.25, 0.3) is 0 Å². The van der Waals surface area contributed by atoms with Gasteiger partial charge < -0.3 is 24.8 Å². The van der Waals surface area contributed by atoms with Crippen LogP contribution in [0.15, 0.2) is 0 Å². The molecular weight excluding hydrogens is 364 g/mol. The molecule has 0 saturated carbocycles. The number of aliphatic hydroxyl groups excluding tert-OH is 1. The second kappa shape index (κ2) is 7.63. The summed E-state index contributed by atoms with van der Waals surface area (Å²) in [6.07, 6.45) is 2.29. The van der Waals surface area contributed by atoms with Gasteiger partial charge in [0.05, 0.1) is 18.1 Å². The van der Waals surface area contributed by atoms with Crippen molar-refractivity contribution in [1.82, 2.24) is 10.2 Å². The zero-order valence-corrected chi connectivity index (χ0v) is 17.2. The molecule has 3 saturated heterocycles. The molecule has 2 amide bonds. The van der Waals surface area contributed by atoms with Crippen molar-refractivity contribution in [3.8, 4) is 0 Å². The molecule has 3 heterocycles. The summed E-state index contributed by atoms with van der Waals surface area (Å²) in [5.41, 5.74) is -1.79. The Hall–Kier alpha value is -1.67. The summed E-state index contributed by atoms with van der Waals surface area (Å²) in [5, 5.41) is 12.0. The van der Waals surface area contributed by atoms with Gasteiger partial charge in [-0.3, -0.25) is 14.4 Å². The average molecular weight is 396 g/mol. The molecular formula is C20H32N2O6. The molecule has 28 heavy (non-hydrogen) atoms. The Morgan fingerprint density at radius 3 is 2.68 bits per heavy atom. The van der Waals surface area contributed by atoms with Crippen LogP contribution in [-0.4, -0.2) is 70.8 Å². The van der Waals surface area contributed by atoms with E-state index < -0.39 is 35.0 Å². The minimum absolute atomic E-state index is 0.0273. The van der Waals surface area contributed by atoms with Gasteiger partial charge in [-0.2, -0.15) is 0 Å². The highest BCUT2D eigenvalue weighted by molar-refractivity contribution is 5.98. The molecule has 3 aliphatic rings. The van der Waals surface area contributed by atoms with E-state index in [0.717, 1.165) is 0 Å². The van der Waals surface area contributed by atoms with Crippen LogP contribution in [-0.2, 0) is 23.9 Å². The number of rotatable bonds is 8. The minimum atomic E-state index is -0.999. The van der Waals surface area contributed by atoms with Crippen LogP contribution in [0.5, 0.6) is 0 Å². The molecule has 2 unspecified atom stereocenters. The maximum Gasteiger partial charge on any atom is 0.312 e. The van der Waals surface area contributed by atoms with E-state index in [1.165, 1.54) is 0 Å². The van der Waals surface area contributed by atoms with E-state index in [1.54, 1.807) is 11.8 Å². The summed E-state index contributed by atoms with van der Waals surface area (Å²) in [5.74, 6) is -2.30. The van der Waals surface area contributed by atoms with Crippen molar-refractivity contribution in [3.05, 3.63) is 0 Å². The number of nitrogens with zero attached hydrogens (tertiary/aromatic N) is 1. The lowest BCUT2D eigenvalue weighted by Gasteiger charge is -2.33. The van der Waals surface area contributed by atoms with Gasteiger partial charge in [0.1, 0.15) is 17.6 Å². The number of hydrogen-bond donors (Lipinski definition) is 2. The number of aliphatic hydroxyl groups is 1. The number of fused-ring (bicyclic) bond motifs is 1. The van der Waals surface area contributed by atoms with Gasteiger partial charge in [0.25, 0.3) is 0 Å². The van der Waals surface area contributed by atoms with E-state index in [2.05, 4.69) is 5.32 Å². The van der Waals surface area contributed by atoms with Crippen molar-refractivity contribution >= 4 is 17.8 Å². The molecule has 0 aromatic carbocycles. The molecule has 8 nitrogen and oxygen atoms in total. The van der Waals surface area contributed by atoms with E-state index in [9.17, 15) is 14.4 Å². The Morgan fingerprint density at radius 1 is 1.36 bits per heavy atom. The van der Waals surface area contributed by atoms with Crippen molar-refractivity contribution in [2.24, 2.45) is 11.8 Å². The van der Waals surface area contributed by atoms with Gasteiger partial charge in [-0.25, -0.2) is 0 Å². The van der Waals surface area contributed by atoms with Crippen molar-refractivity contribution in [3.63, 3.8) is 0 Å². The number of carbonyl (C=O) groups is 3. The number of unbranched alkanes of at least 4 members (excludes halogenated alkanes) is 1. The number of likely N-dealkylation sites (tertiary alicyclic amines) is 1.